The molecular weight excluding hydrogens is 150 g/mol. The van der Waals surface area contributed by atoms with Crippen LogP contribution in [0.5, 0.6) is 0 Å². The molecule has 12 heavy (non-hydrogen) atoms. The minimum Gasteiger partial charge on any atom is -0.396 e. The summed E-state index contributed by atoms with van der Waals surface area (Å²) in [6.07, 6.45) is 9.86. The van der Waals surface area contributed by atoms with E-state index in [4.69, 9.17) is 5.11 Å². The monoisotopic (exact) mass is 167 g/mol. The van der Waals surface area contributed by atoms with Gasteiger partial charge in [0.25, 0.3) is 0 Å². The van der Waals surface area contributed by atoms with E-state index < -0.39 is 0 Å². The Morgan fingerprint density at radius 2 is 2.33 bits per heavy atom. The van der Waals surface area contributed by atoms with Crippen LogP contribution < -0.4 is 5.32 Å². The molecule has 0 fully saturated rings. The van der Waals surface area contributed by atoms with Gasteiger partial charge in [0.05, 0.1) is 0 Å². The lowest BCUT2D eigenvalue weighted by Crippen LogP contribution is -2.19. The number of nitrogens with one attached hydrogen (secondary N) is 1. The van der Waals surface area contributed by atoms with Crippen LogP contribution in [0.2, 0.25) is 0 Å². The van der Waals surface area contributed by atoms with Crippen LogP contribution in [0.25, 0.3) is 0 Å². The van der Waals surface area contributed by atoms with E-state index in [1.54, 1.807) is 0 Å². The van der Waals surface area contributed by atoms with Gasteiger partial charge >= 0.3 is 0 Å². The van der Waals surface area contributed by atoms with Crippen molar-refractivity contribution in [3.8, 4) is 0 Å². The Kier molecular flexibility index (Phi) is 4.73. The van der Waals surface area contributed by atoms with E-state index in [0.717, 1.165) is 19.5 Å². The molecule has 1 rings (SSSR count). The van der Waals surface area contributed by atoms with Crippen LogP contribution in [-0.2, 0) is 0 Å². The fourth-order valence-corrected chi connectivity index (χ4v) is 1.24. The quantitative estimate of drug-likeness (QED) is 0.604. The van der Waals surface area contributed by atoms with E-state index in [9.17, 15) is 0 Å². The maximum Gasteiger partial charge on any atom is 0.0443 e. The molecule has 2 heteroatoms. The Morgan fingerprint density at radius 1 is 1.42 bits per heavy atom. The molecule has 0 atom stereocenters. The van der Waals surface area contributed by atoms with Crippen molar-refractivity contribution < 1.29 is 5.11 Å². The molecule has 0 radical (unpaired) electrons. The highest BCUT2D eigenvalue weighted by Crippen LogP contribution is 2.07. The molecule has 0 aliphatic heterocycles. The molecular formula is C10H17NO. The van der Waals surface area contributed by atoms with Crippen molar-refractivity contribution >= 4 is 0 Å². The van der Waals surface area contributed by atoms with E-state index in [1.165, 1.54) is 18.4 Å². The van der Waals surface area contributed by atoms with E-state index >= 15 is 0 Å². The summed E-state index contributed by atoms with van der Waals surface area (Å²) >= 11 is 0. The summed E-state index contributed by atoms with van der Waals surface area (Å²) < 4.78 is 0. The summed E-state index contributed by atoms with van der Waals surface area (Å²) in [6, 6.07) is 0. The fourth-order valence-electron chi connectivity index (χ4n) is 1.24. The average Bonchev–Trinajstić information content (AvgIpc) is 2.14. The smallest absolute Gasteiger partial charge is 0.0443 e. The van der Waals surface area contributed by atoms with Crippen LogP contribution in [0.1, 0.15) is 19.3 Å². The van der Waals surface area contributed by atoms with E-state index in [1.807, 2.05) is 0 Å². The van der Waals surface area contributed by atoms with E-state index in [-0.39, 0.29) is 6.61 Å². The minimum absolute atomic E-state index is 0.280. The van der Waals surface area contributed by atoms with Crippen LogP contribution in [0, 0.1) is 0 Å². The van der Waals surface area contributed by atoms with Crippen LogP contribution in [0.4, 0.5) is 0 Å². The number of hydrogen-bond donors (Lipinski definition) is 2. The molecule has 0 amide bonds. The second-order valence-corrected chi connectivity index (χ2v) is 3.01. The number of allylic oxidation sites excluding steroid dienone is 2. The molecule has 2 N–H and O–H groups in total. The maximum atomic E-state index is 8.53. The number of aliphatic hydroxyl groups excluding tert-OH is 1. The van der Waals surface area contributed by atoms with Crippen molar-refractivity contribution in [3.63, 3.8) is 0 Å². The molecule has 0 bridgehead atoms. The topological polar surface area (TPSA) is 32.3 Å². The van der Waals surface area contributed by atoms with Crippen LogP contribution in [0.3, 0.4) is 0 Å². The molecule has 0 unspecified atom stereocenters. The first-order valence-electron chi connectivity index (χ1n) is 4.60. The summed E-state index contributed by atoms with van der Waals surface area (Å²) in [7, 11) is 0. The third-order valence-electron chi connectivity index (χ3n) is 1.91. The summed E-state index contributed by atoms with van der Waals surface area (Å²) in [5.41, 5.74) is 1.37. The Labute approximate surface area is 74.0 Å². The van der Waals surface area contributed by atoms with Gasteiger partial charge in [-0.3, -0.25) is 0 Å². The zero-order chi connectivity index (χ0) is 8.65. The van der Waals surface area contributed by atoms with Crippen molar-refractivity contribution in [2.75, 3.05) is 19.7 Å². The molecule has 0 saturated carbocycles. The van der Waals surface area contributed by atoms with Crippen molar-refractivity contribution in [3.05, 3.63) is 23.8 Å². The highest BCUT2D eigenvalue weighted by atomic mass is 16.3. The summed E-state index contributed by atoms with van der Waals surface area (Å²) in [4.78, 5) is 0. The molecule has 0 aromatic rings. The van der Waals surface area contributed by atoms with Crippen LogP contribution in [-0.4, -0.2) is 24.8 Å². The zero-order valence-electron chi connectivity index (χ0n) is 7.42. The molecule has 2 nitrogen and oxygen atoms in total. The van der Waals surface area contributed by atoms with Gasteiger partial charge < -0.3 is 10.4 Å². The largest absolute Gasteiger partial charge is 0.396 e. The summed E-state index contributed by atoms with van der Waals surface area (Å²) in [5, 5.41) is 11.8. The molecule has 1 aliphatic carbocycles. The molecule has 0 heterocycles. The second kappa shape index (κ2) is 5.98. The highest BCUT2D eigenvalue weighted by molar-refractivity contribution is 5.23. The normalized spacial score (nSPS) is 16.2. The maximum absolute atomic E-state index is 8.53. The van der Waals surface area contributed by atoms with Gasteiger partial charge in [-0.25, -0.2) is 0 Å². The van der Waals surface area contributed by atoms with E-state index in [0.29, 0.717) is 0 Å². The van der Waals surface area contributed by atoms with Gasteiger partial charge in [0.2, 0.25) is 0 Å². The lowest BCUT2D eigenvalue weighted by Gasteiger charge is -2.07. The number of hydrogen-bond acceptors (Lipinski definition) is 2. The number of rotatable bonds is 5. The van der Waals surface area contributed by atoms with Gasteiger partial charge in [-0.05, 0) is 31.4 Å². The minimum atomic E-state index is 0.280. The van der Waals surface area contributed by atoms with Crippen molar-refractivity contribution in [1.82, 2.24) is 5.32 Å². The lowest BCUT2D eigenvalue weighted by molar-refractivity contribution is 0.287. The van der Waals surface area contributed by atoms with Gasteiger partial charge in [0.1, 0.15) is 0 Å². The van der Waals surface area contributed by atoms with Crippen molar-refractivity contribution in [1.29, 1.82) is 0 Å². The zero-order valence-corrected chi connectivity index (χ0v) is 7.42. The molecule has 0 aromatic heterocycles. The first-order chi connectivity index (χ1) is 5.93. The van der Waals surface area contributed by atoms with Crippen LogP contribution in [0.15, 0.2) is 23.8 Å². The summed E-state index contributed by atoms with van der Waals surface area (Å²) in [6.45, 7) is 2.13. The standard InChI is InChI=1S/C10H17NO/c12-8-4-7-11-9-10-5-2-1-3-6-10/h2,5-6,11-12H,1,3-4,7-9H2. The molecule has 0 aromatic carbocycles. The van der Waals surface area contributed by atoms with Gasteiger partial charge in [0, 0.05) is 13.2 Å². The molecule has 0 saturated heterocycles. The highest BCUT2D eigenvalue weighted by Gasteiger charge is 1.95. The third kappa shape index (κ3) is 3.69. The average molecular weight is 167 g/mol. The van der Waals surface area contributed by atoms with Gasteiger partial charge in [-0.2, -0.15) is 0 Å². The number of aliphatic hydroxyl groups is 1. The van der Waals surface area contributed by atoms with Gasteiger partial charge in [0.15, 0.2) is 0 Å². The second-order valence-electron chi connectivity index (χ2n) is 3.01. The Hall–Kier alpha value is -0.600. The predicted octanol–water partition coefficient (Wildman–Crippen LogP) is 1.23. The SMILES string of the molecule is OCCCNCC1=CCCC=C1. The Balaban J connectivity index is 2.06. The van der Waals surface area contributed by atoms with Crippen LogP contribution >= 0.6 is 0 Å². The lowest BCUT2D eigenvalue weighted by atomic mass is 10.1. The third-order valence-corrected chi connectivity index (χ3v) is 1.91. The van der Waals surface area contributed by atoms with Gasteiger partial charge in [-0.15, -0.1) is 0 Å². The first-order valence-corrected chi connectivity index (χ1v) is 4.60. The van der Waals surface area contributed by atoms with Crippen molar-refractivity contribution in [2.24, 2.45) is 0 Å². The van der Waals surface area contributed by atoms with E-state index in [2.05, 4.69) is 23.5 Å². The summed E-state index contributed by atoms with van der Waals surface area (Å²) in [5.74, 6) is 0. The Morgan fingerprint density at radius 3 is 3.00 bits per heavy atom. The Bertz CT molecular complexity index is 173. The molecule has 1 aliphatic rings. The first kappa shape index (κ1) is 9.49. The predicted molar refractivity (Wildman–Crippen MR) is 51.0 cm³/mol. The van der Waals surface area contributed by atoms with Crippen molar-refractivity contribution in [2.45, 2.75) is 19.3 Å². The fraction of sp³-hybridized carbons (Fsp3) is 0.600. The molecule has 0 spiro atoms. The molecule has 68 valence electrons. The van der Waals surface area contributed by atoms with Gasteiger partial charge in [-0.1, -0.05) is 18.2 Å².